The molecule has 1 aliphatic rings. The third kappa shape index (κ3) is 4.09. The number of rotatable bonds is 6. The van der Waals surface area contributed by atoms with Crippen molar-refractivity contribution in [3.05, 3.63) is 124 Å². The Labute approximate surface area is 216 Å². The van der Waals surface area contributed by atoms with Crippen LogP contribution in [0.1, 0.15) is 27.0 Å². The molecule has 1 N–H and O–H groups in total. The molecule has 0 saturated carbocycles. The van der Waals surface area contributed by atoms with Crippen molar-refractivity contribution in [3.63, 3.8) is 0 Å². The first kappa shape index (κ1) is 22.8. The smallest absolute Gasteiger partial charge is 0.294 e. The molecule has 37 heavy (non-hydrogen) atoms. The lowest BCUT2D eigenvalue weighted by Gasteiger charge is -2.25. The summed E-state index contributed by atoms with van der Waals surface area (Å²) in [5.74, 6) is -0.374. The molecular formula is C30H21NO5S. The Morgan fingerprint density at radius 2 is 1.76 bits per heavy atom. The fourth-order valence-electron chi connectivity index (χ4n) is 4.54. The Hall–Kier alpha value is -4.62. The molecule has 0 fully saturated rings. The molecule has 1 atom stereocenters. The van der Waals surface area contributed by atoms with Crippen LogP contribution in [0.15, 0.2) is 112 Å². The molecule has 0 radical (unpaired) electrons. The number of hydrogen-bond acceptors (Lipinski definition) is 6. The van der Waals surface area contributed by atoms with Gasteiger partial charge in [0.05, 0.1) is 5.57 Å². The summed E-state index contributed by atoms with van der Waals surface area (Å²) in [5, 5.41) is 13.6. The highest BCUT2D eigenvalue weighted by Gasteiger charge is 2.45. The van der Waals surface area contributed by atoms with Crippen LogP contribution in [0, 0.1) is 6.92 Å². The van der Waals surface area contributed by atoms with Crippen molar-refractivity contribution in [2.45, 2.75) is 13.0 Å². The summed E-state index contributed by atoms with van der Waals surface area (Å²) < 4.78 is 11.7. The highest BCUT2D eigenvalue weighted by Crippen LogP contribution is 2.44. The first-order valence-corrected chi connectivity index (χ1v) is 12.6. The molecule has 2 aromatic heterocycles. The monoisotopic (exact) mass is 507 g/mol. The number of nitrogens with zero attached hydrogens (tertiary/aromatic N) is 1. The average Bonchev–Trinajstić information content (AvgIpc) is 3.63. The molecule has 6 nitrogen and oxygen atoms in total. The Bertz CT molecular complexity index is 1630. The Kier molecular flexibility index (Phi) is 5.62. The second kappa shape index (κ2) is 9.11. The van der Waals surface area contributed by atoms with E-state index in [-0.39, 0.29) is 11.3 Å². The van der Waals surface area contributed by atoms with Crippen molar-refractivity contribution in [2.75, 3.05) is 4.90 Å². The van der Waals surface area contributed by atoms with Gasteiger partial charge in [0.1, 0.15) is 23.1 Å². The molecule has 182 valence electrons. The number of ketones is 1. The topological polar surface area (TPSA) is 80.0 Å². The van der Waals surface area contributed by atoms with Gasteiger partial charge in [-0.25, -0.2) is 0 Å². The maximum Gasteiger partial charge on any atom is 0.294 e. The number of anilines is 1. The van der Waals surface area contributed by atoms with Gasteiger partial charge in [-0.2, -0.15) is 0 Å². The number of fused-ring (bicyclic) bond motifs is 1. The highest BCUT2D eigenvalue weighted by molar-refractivity contribution is 7.10. The number of carbonyl (C=O) groups is 2. The summed E-state index contributed by atoms with van der Waals surface area (Å²) in [6.07, 6.45) is 0. The number of thiophene rings is 1. The van der Waals surface area contributed by atoms with E-state index < -0.39 is 23.5 Å². The van der Waals surface area contributed by atoms with Gasteiger partial charge in [-0.15, -0.1) is 11.3 Å². The molecule has 1 aliphatic heterocycles. The number of carbonyl (C=O) groups excluding carboxylic acids is 2. The molecule has 7 heteroatoms. The zero-order valence-corrected chi connectivity index (χ0v) is 20.6. The van der Waals surface area contributed by atoms with Gasteiger partial charge in [0.15, 0.2) is 11.5 Å². The zero-order chi connectivity index (χ0) is 25.5. The van der Waals surface area contributed by atoms with Gasteiger partial charge in [-0.3, -0.25) is 14.5 Å². The standard InChI is InChI=1S/C30H21NO5S/c1-18-6-4-8-22(16-18)35-21-13-11-20(12-14-21)31-27(25-10-5-15-37-25)26(29(33)30(31)34)28(32)24-17-19-7-2-3-9-23(19)36-24/h2-17,27,33H,1H3. The largest absolute Gasteiger partial charge is 0.503 e. The van der Waals surface area contributed by atoms with Crippen LogP contribution < -0.4 is 9.64 Å². The predicted octanol–water partition coefficient (Wildman–Crippen LogP) is 7.38. The minimum absolute atomic E-state index is 0.00778. The molecule has 0 aliphatic carbocycles. The minimum Gasteiger partial charge on any atom is -0.503 e. The average molecular weight is 508 g/mol. The molecule has 0 spiro atoms. The number of aryl methyl sites for hydroxylation is 1. The number of furan rings is 1. The summed E-state index contributed by atoms with van der Waals surface area (Å²) in [5.41, 5.74) is 2.16. The van der Waals surface area contributed by atoms with Crippen LogP contribution >= 0.6 is 11.3 Å². The van der Waals surface area contributed by atoms with Gasteiger partial charge < -0.3 is 14.3 Å². The number of Topliss-reactive ketones (excluding diaryl/α,β-unsaturated/α-hetero) is 1. The lowest BCUT2D eigenvalue weighted by molar-refractivity contribution is -0.117. The fourth-order valence-corrected chi connectivity index (χ4v) is 5.36. The Morgan fingerprint density at radius 3 is 2.49 bits per heavy atom. The Balaban J connectivity index is 1.36. The number of benzene rings is 3. The SMILES string of the molecule is Cc1cccc(Oc2ccc(N3C(=O)C(O)=C(C(=O)c4cc5ccccc5o4)C3c3cccs3)cc2)c1. The van der Waals surface area contributed by atoms with Crippen LogP contribution in [-0.2, 0) is 4.79 Å². The molecule has 3 aromatic carbocycles. The van der Waals surface area contributed by atoms with E-state index in [4.69, 9.17) is 9.15 Å². The fraction of sp³-hybridized carbons (Fsp3) is 0.0667. The second-order valence-electron chi connectivity index (χ2n) is 8.75. The molecule has 0 saturated heterocycles. The highest BCUT2D eigenvalue weighted by atomic mass is 32.1. The van der Waals surface area contributed by atoms with Crippen molar-refractivity contribution < 1.29 is 23.8 Å². The molecule has 1 amide bonds. The summed E-state index contributed by atoms with van der Waals surface area (Å²) >= 11 is 1.40. The van der Waals surface area contributed by atoms with Crippen molar-refractivity contribution >= 4 is 39.7 Å². The molecular weight excluding hydrogens is 486 g/mol. The van der Waals surface area contributed by atoms with E-state index in [0.717, 1.165) is 15.8 Å². The van der Waals surface area contributed by atoms with Crippen LogP contribution in [0.2, 0.25) is 0 Å². The van der Waals surface area contributed by atoms with Gasteiger partial charge in [0.25, 0.3) is 5.91 Å². The van der Waals surface area contributed by atoms with Crippen LogP contribution in [0.4, 0.5) is 5.69 Å². The Morgan fingerprint density at radius 1 is 0.946 bits per heavy atom. The number of para-hydroxylation sites is 1. The molecule has 5 aromatic rings. The number of amides is 1. The van der Waals surface area contributed by atoms with Crippen molar-refractivity contribution in [2.24, 2.45) is 0 Å². The number of aliphatic hydroxyl groups excluding tert-OH is 1. The molecule has 6 rings (SSSR count). The molecule has 3 heterocycles. The lowest BCUT2D eigenvalue weighted by Crippen LogP contribution is -2.30. The van der Waals surface area contributed by atoms with Gasteiger partial charge in [0.2, 0.25) is 5.78 Å². The van der Waals surface area contributed by atoms with E-state index in [9.17, 15) is 14.7 Å². The van der Waals surface area contributed by atoms with E-state index >= 15 is 0 Å². The maximum atomic E-state index is 13.6. The van der Waals surface area contributed by atoms with Gasteiger partial charge in [0, 0.05) is 16.0 Å². The van der Waals surface area contributed by atoms with Crippen molar-refractivity contribution in [3.8, 4) is 11.5 Å². The van der Waals surface area contributed by atoms with Crippen LogP contribution in [0.5, 0.6) is 11.5 Å². The summed E-state index contributed by atoms with van der Waals surface area (Å²) in [6, 6.07) is 26.5. The first-order chi connectivity index (χ1) is 18.0. The second-order valence-corrected chi connectivity index (χ2v) is 9.72. The normalized spacial score (nSPS) is 15.5. The van der Waals surface area contributed by atoms with E-state index in [2.05, 4.69) is 0 Å². The van der Waals surface area contributed by atoms with Crippen molar-refractivity contribution in [1.82, 2.24) is 0 Å². The summed E-state index contributed by atoms with van der Waals surface area (Å²) in [6.45, 7) is 1.99. The predicted molar refractivity (Wildman–Crippen MR) is 142 cm³/mol. The number of hydrogen-bond donors (Lipinski definition) is 1. The van der Waals surface area contributed by atoms with E-state index in [1.807, 2.05) is 66.9 Å². The summed E-state index contributed by atoms with van der Waals surface area (Å²) in [7, 11) is 0. The zero-order valence-electron chi connectivity index (χ0n) is 19.8. The third-order valence-electron chi connectivity index (χ3n) is 6.25. The van der Waals surface area contributed by atoms with Gasteiger partial charge >= 0.3 is 0 Å². The van der Waals surface area contributed by atoms with Crippen molar-refractivity contribution in [1.29, 1.82) is 0 Å². The maximum absolute atomic E-state index is 13.6. The summed E-state index contributed by atoms with van der Waals surface area (Å²) in [4.78, 5) is 29.2. The quantitative estimate of drug-likeness (QED) is 0.243. The third-order valence-corrected chi connectivity index (χ3v) is 7.18. The van der Waals surface area contributed by atoms with Crippen LogP contribution in [0.3, 0.4) is 0 Å². The minimum atomic E-state index is -0.795. The number of ether oxygens (including phenoxy) is 1. The van der Waals surface area contributed by atoms with Gasteiger partial charge in [-0.1, -0.05) is 36.4 Å². The van der Waals surface area contributed by atoms with E-state index in [0.29, 0.717) is 22.8 Å². The van der Waals surface area contributed by atoms with Crippen LogP contribution in [0.25, 0.3) is 11.0 Å². The number of aliphatic hydroxyl groups is 1. The lowest BCUT2D eigenvalue weighted by atomic mass is 10.00. The molecule has 1 unspecified atom stereocenters. The van der Waals surface area contributed by atoms with Crippen LogP contribution in [-0.4, -0.2) is 16.8 Å². The first-order valence-electron chi connectivity index (χ1n) is 11.7. The van der Waals surface area contributed by atoms with Gasteiger partial charge in [-0.05, 0) is 72.5 Å². The van der Waals surface area contributed by atoms with E-state index in [1.54, 1.807) is 36.4 Å². The van der Waals surface area contributed by atoms with E-state index in [1.165, 1.54) is 16.2 Å². The molecule has 0 bridgehead atoms.